The van der Waals surface area contributed by atoms with Crippen LogP contribution in [0.3, 0.4) is 0 Å². The van der Waals surface area contributed by atoms with Crippen molar-refractivity contribution in [1.82, 2.24) is 15.1 Å². The van der Waals surface area contributed by atoms with Gasteiger partial charge in [0, 0.05) is 49.9 Å². The number of anilines is 2. The summed E-state index contributed by atoms with van der Waals surface area (Å²) in [5.41, 5.74) is 0.851. The largest absolute Gasteiger partial charge is 0.352 e. The first-order valence-corrected chi connectivity index (χ1v) is 11.1. The Balaban J connectivity index is 1.32. The first-order valence-electron chi connectivity index (χ1n) is 10.7. The molecule has 2 aliphatic rings. The summed E-state index contributed by atoms with van der Waals surface area (Å²) in [5.74, 6) is 1.85. The molecule has 30 heavy (non-hydrogen) atoms. The van der Waals surface area contributed by atoms with Gasteiger partial charge in [-0.1, -0.05) is 29.8 Å². The molecule has 0 N–H and O–H groups in total. The van der Waals surface area contributed by atoms with Crippen LogP contribution in [-0.2, 0) is 4.79 Å². The van der Waals surface area contributed by atoms with Crippen LogP contribution in [0.4, 0.5) is 11.6 Å². The van der Waals surface area contributed by atoms with Gasteiger partial charge in [-0.05, 0) is 56.0 Å². The second-order valence-electron chi connectivity index (χ2n) is 7.96. The molecule has 7 heteroatoms. The molecule has 2 aliphatic heterocycles. The monoisotopic (exact) mass is 425 g/mol. The van der Waals surface area contributed by atoms with E-state index in [1.807, 2.05) is 29.2 Å². The maximum absolute atomic E-state index is 12.5. The zero-order valence-electron chi connectivity index (χ0n) is 17.4. The Bertz CT molecular complexity index is 893. The number of halogens is 1. The maximum atomic E-state index is 12.5. The summed E-state index contributed by atoms with van der Waals surface area (Å²) in [5, 5.41) is 9.60. The fourth-order valence-corrected chi connectivity index (χ4v) is 4.31. The topological polar surface area (TPSA) is 52.6 Å². The number of hydrogen-bond donors (Lipinski definition) is 0. The van der Waals surface area contributed by atoms with Crippen LogP contribution in [0.5, 0.6) is 0 Å². The van der Waals surface area contributed by atoms with Crippen LogP contribution in [-0.4, -0.2) is 59.8 Å². The first-order chi connectivity index (χ1) is 14.6. The standard InChI is InChI=1S/C23H28ClN5O/c1-18-6-4-5-13-29(18)22-11-10-21(25-26-22)27-14-16-28(17-15-27)23(30)12-9-19-7-2-3-8-20(19)24/h2-3,7-12,18H,4-6,13-17H2,1H3/b12-9+. The minimum Gasteiger partial charge on any atom is -0.352 e. The van der Waals surface area contributed by atoms with E-state index in [1.165, 1.54) is 19.3 Å². The number of piperidine rings is 1. The number of amides is 1. The van der Waals surface area contributed by atoms with Gasteiger partial charge in [-0.15, -0.1) is 10.2 Å². The van der Waals surface area contributed by atoms with Crippen molar-refractivity contribution in [2.75, 3.05) is 42.5 Å². The number of benzene rings is 1. The average molecular weight is 426 g/mol. The molecule has 2 fully saturated rings. The molecule has 1 atom stereocenters. The summed E-state index contributed by atoms with van der Waals surface area (Å²) in [6.07, 6.45) is 7.10. The lowest BCUT2D eigenvalue weighted by atomic mass is 10.0. The summed E-state index contributed by atoms with van der Waals surface area (Å²) in [6.45, 7) is 6.14. The number of carbonyl (C=O) groups excluding carboxylic acids is 1. The second-order valence-corrected chi connectivity index (χ2v) is 8.36. The minimum atomic E-state index is 0.00934. The fraction of sp³-hybridized carbons (Fsp3) is 0.435. The fourth-order valence-electron chi connectivity index (χ4n) is 4.11. The number of piperazine rings is 1. The van der Waals surface area contributed by atoms with Crippen molar-refractivity contribution in [3.8, 4) is 0 Å². The van der Waals surface area contributed by atoms with E-state index in [0.717, 1.165) is 36.8 Å². The van der Waals surface area contributed by atoms with Crippen molar-refractivity contribution in [1.29, 1.82) is 0 Å². The maximum Gasteiger partial charge on any atom is 0.246 e. The van der Waals surface area contributed by atoms with Crippen molar-refractivity contribution in [2.45, 2.75) is 32.2 Å². The molecule has 3 heterocycles. The third-order valence-electron chi connectivity index (χ3n) is 5.96. The van der Waals surface area contributed by atoms with Crippen molar-refractivity contribution < 1.29 is 4.79 Å². The van der Waals surface area contributed by atoms with Gasteiger partial charge in [0.25, 0.3) is 0 Å². The third-order valence-corrected chi connectivity index (χ3v) is 6.30. The van der Waals surface area contributed by atoms with Gasteiger partial charge in [0.2, 0.25) is 5.91 Å². The van der Waals surface area contributed by atoms with Gasteiger partial charge in [0.1, 0.15) is 0 Å². The van der Waals surface area contributed by atoms with Crippen molar-refractivity contribution in [3.05, 3.63) is 53.1 Å². The van der Waals surface area contributed by atoms with E-state index in [9.17, 15) is 4.79 Å². The van der Waals surface area contributed by atoms with E-state index in [-0.39, 0.29) is 5.91 Å². The van der Waals surface area contributed by atoms with Crippen LogP contribution >= 0.6 is 11.6 Å². The smallest absolute Gasteiger partial charge is 0.246 e. The zero-order chi connectivity index (χ0) is 20.9. The highest BCUT2D eigenvalue weighted by atomic mass is 35.5. The van der Waals surface area contributed by atoms with Crippen LogP contribution in [0.25, 0.3) is 6.08 Å². The Labute approximate surface area is 183 Å². The van der Waals surface area contributed by atoms with Crippen molar-refractivity contribution in [3.63, 3.8) is 0 Å². The lowest BCUT2D eigenvalue weighted by Gasteiger charge is -2.36. The molecule has 6 nitrogen and oxygen atoms in total. The van der Waals surface area contributed by atoms with Crippen molar-refractivity contribution >= 4 is 35.2 Å². The SMILES string of the molecule is CC1CCCCN1c1ccc(N2CCN(C(=O)/C=C/c3ccccc3Cl)CC2)nn1. The van der Waals surface area contributed by atoms with E-state index in [4.69, 9.17) is 11.6 Å². The van der Waals surface area contributed by atoms with E-state index < -0.39 is 0 Å². The van der Waals surface area contributed by atoms with Gasteiger partial charge in [-0.2, -0.15) is 0 Å². The van der Waals surface area contributed by atoms with Gasteiger partial charge in [0.15, 0.2) is 11.6 Å². The lowest BCUT2D eigenvalue weighted by Crippen LogP contribution is -2.48. The molecule has 158 valence electrons. The predicted octanol–water partition coefficient (Wildman–Crippen LogP) is 3.87. The van der Waals surface area contributed by atoms with Crippen molar-refractivity contribution in [2.24, 2.45) is 0 Å². The lowest BCUT2D eigenvalue weighted by molar-refractivity contribution is -0.126. The van der Waals surface area contributed by atoms with E-state index >= 15 is 0 Å². The number of aromatic nitrogens is 2. The molecule has 1 amide bonds. The molecule has 0 bridgehead atoms. The molecule has 1 unspecified atom stereocenters. The van der Waals surface area contributed by atoms with Crippen LogP contribution in [0, 0.1) is 0 Å². The van der Waals surface area contributed by atoms with Gasteiger partial charge in [0.05, 0.1) is 0 Å². The summed E-state index contributed by atoms with van der Waals surface area (Å²) in [4.78, 5) is 18.9. The Morgan fingerprint density at radius 1 is 1.00 bits per heavy atom. The molecule has 2 saturated heterocycles. The molecule has 2 aromatic rings. The van der Waals surface area contributed by atoms with E-state index in [0.29, 0.717) is 24.2 Å². The predicted molar refractivity (Wildman–Crippen MR) is 122 cm³/mol. The molecule has 4 rings (SSSR count). The molecule has 1 aromatic heterocycles. The zero-order valence-corrected chi connectivity index (χ0v) is 18.1. The number of rotatable bonds is 4. The average Bonchev–Trinajstić information content (AvgIpc) is 2.79. The normalized spacial score (nSPS) is 20.1. The molecular weight excluding hydrogens is 398 g/mol. The van der Waals surface area contributed by atoms with Crippen LogP contribution in [0.1, 0.15) is 31.7 Å². The van der Waals surface area contributed by atoms with Crippen LogP contribution in [0.2, 0.25) is 5.02 Å². The summed E-state index contributed by atoms with van der Waals surface area (Å²) in [7, 11) is 0. The Kier molecular flexibility index (Phi) is 6.53. The molecule has 1 aromatic carbocycles. The molecule has 0 radical (unpaired) electrons. The summed E-state index contributed by atoms with van der Waals surface area (Å²) < 4.78 is 0. The van der Waals surface area contributed by atoms with Crippen LogP contribution < -0.4 is 9.80 Å². The summed E-state index contributed by atoms with van der Waals surface area (Å²) in [6, 6.07) is 12.2. The van der Waals surface area contributed by atoms with E-state index in [1.54, 1.807) is 12.2 Å². The number of hydrogen-bond acceptors (Lipinski definition) is 5. The molecule has 0 spiro atoms. The van der Waals surface area contributed by atoms with Gasteiger partial charge < -0.3 is 14.7 Å². The van der Waals surface area contributed by atoms with Crippen LogP contribution in [0.15, 0.2) is 42.5 Å². The number of nitrogens with zero attached hydrogens (tertiary/aromatic N) is 5. The van der Waals surface area contributed by atoms with Gasteiger partial charge >= 0.3 is 0 Å². The number of carbonyl (C=O) groups is 1. The second kappa shape index (κ2) is 9.47. The van der Waals surface area contributed by atoms with E-state index in [2.05, 4.69) is 39.1 Å². The first kappa shape index (κ1) is 20.7. The molecular formula is C23H28ClN5O. The molecule has 0 aliphatic carbocycles. The highest BCUT2D eigenvalue weighted by Crippen LogP contribution is 2.24. The van der Waals surface area contributed by atoms with Gasteiger partial charge in [-0.25, -0.2) is 0 Å². The van der Waals surface area contributed by atoms with Gasteiger partial charge in [-0.3, -0.25) is 4.79 Å². The third kappa shape index (κ3) is 4.75. The highest BCUT2D eigenvalue weighted by molar-refractivity contribution is 6.32. The molecule has 0 saturated carbocycles. The Morgan fingerprint density at radius 2 is 1.73 bits per heavy atom. The minimum absolute atomic E-state index is 0.00934. The summed E-state index contributed by atoms with van der Waals surface area (Å²) >= 11 is 6.15. The Hall–Kier alpha value is -2.60. The Morgan fingerprint density at radius 3 is 2.43 bits per heavy atom. The quantitative estimate of drug-likeness (QED) is 0.696. The highest BCUT2D eigenvalue weighted by Gasteiger charge is 2.23.